The van der Waals surface area contributed by atoms with Crippen molar-refractivity contribution in [1.82, 2.24) is 9.97 Å². The summed E-state index contributed by atoms with van der Waals surface area (Å²) >= 11 is 0. The molecule has 0 saturated heterocycles. The van der Waals surface area contributed by atoms with Crippen LogP contribution >= 0.6 is 0 Å². The van der Waals surface area contributed by atoms with Gasteiger partial charge in [-0.2, -0.15) is 0 Å². The van der Waals surface area contributed by atoms with Crippen LogP contribution < -0.4 is 15.0 Å². The van der Waals surface area contributed by atoms with E-state index in [0.717, 1.165) is 0 Å². The van der Waals surface area contributed by atoms with Gasteiger partial charge < -0.3 is 15.0 Å². The van der Waals surface area contributed by atoms with Gasteiger partial charge in [-0.1, -0.05) is 0 Å². The second kappa shape index (κ2) is 5.51. The van der Waals surface area contributed by atoms with Gasteiger partial charge in [0.15, 0.2) is 0 Å². The summed E-state index contributed by atoms with van der Waals surface area (Å²) < 4.78 is 18.6. The summed E-state index contributed by atoms with van der Waals surface area (Å²) in [4.78, 5) is 9.95. The Hall–Kier alpha value is -2.37. The molecule has 0 radical (unpaired) electrons. The van der Waals surface area contributed by atoms with E-state index >= 15 is 0 Å². The van der Waals surface area contributed by atoms with Gasteiger partial charge in [-0.05, 0) is 12.1 Å². The zero-order chi connectivity index (χ0) is 13.8. The van der Waals surface area contributed by atoms with E-state index in [0.29, 0.717) is 23.1 Å². The highest BCUT2D eigenvalue weighted by Crippen LogP contribution is 2.32. The van der Waals surface area contributed by atoms with E-state index in [9.17, 15) is 4.39 Å². The van der Waals surface area contributed by atoms with Crippen LogP contribution in [-0.4, -0.2) is 31.2 Å². The molecule has 0 aliphatic heterocycles. The largest absolute Gasteiger partial charge is 0.495 e. The van der Waals surface area contributed by atoms with E-state index in [4.69, 9.17) is 4.74 Å². The first-order chi connectivity index (χ1) is 9.15. The number of hydrogen-bond acceptors (Lipinski definition) is 5. The molecule has 1 N–H and O–H groups in total. The molecule has 1 heterocycles. The second-order valence-corrected chi connectivity index (χ2v) is 3.89. The summed E-state index contributed by atoms with van der Waals surface area (Å²) in [7, 11) is 5.11. The maximum absolute atomic E-state index is 13.4. The average Bonchev–Trinajstić information content (AvgIpc) is 2.46. The highest BCUT2D eigenvalue weighted by atomic mass is 19.1. The predicted molar refractivity (Wildman–Crippen MR) is 72.6 cm³/mol. The van der Waals surface area contributed by atoms with Crippen molar-refractivity contribution in [2.24, 2.45) is 0 Å². The molecule has 0 atom stereocenters. The summed E-state index contributed by atoms with van der Waals surface area (Å²) in [6, 6.07) is 6.11. The van der Waals surface area contributed by atoms with E-state index < -0.39 is 0 Å². The van der Waals surface area contributed by atoms with E-state index in [-0.39, 0.29) is 5.82 Å². The summed E-state index contributed by atoms with van der Waals surface area (Å²) in [5.41, 5.74) is 0.600. The van der Waals surface area contributed by atoms with Crippen LogP contribution in [0, 0.1) is 5.82 Å². The molecule has 0 aliphatic carbocycles. The lowest BCUT2D eigenvalue weighted by Crippen LogP contribution is -2.13. The normalized spacial score (nSPS) is 10.1. The molecule has 2 rings (SSSR count). The molecule has 0 unspecified atom stereocenters. The van der Waals surface area contributed by atoms with Crippen molar-refractivity contribution in [2.75, 3.05) is 31.4 Å². The molecule has 0 aliphatic rings. The Morgan fingerprint density at radius 1 is 1.26 bits per heavy atom. The average molecular weight is 262 g/mol. The van der Waals surface area contributed by atoms with Crippen LogP contribution in [0.1, 0.15) is 0 Å². The maximum Gasteiger partial charge on any atom is 0.142 e. The molecule has 2 aromatic rings. The van der Waals surface area contributed by atoms with Gasteiger partial charge in [-0.25, -0.2) is 14.4 Å². The molecule has 0 amide bonds. The Morgan fingerprint density at radius 2 is 2.05 bits per heavy atom. The van der Waals surface area contributed by atoms with Crippen LogP contribution in [0.25, 0.3) is 0 Å². The number of nitrogens with zero attached hydrogens (tertiary/aromatic N) is 3. The first-order valence-electron chi connectivity index (χ1n) is 5.72. The van der Waals surface area contributed by atoms with Gasteiger partial charge in [0.2, 0.25) is 0 Å². The SMILES string of the molecule is CNc1cc(N(C)c2cc(F)ccc2OC)ncn1. The number of ether oxygens (including phenoxy) is 1. The fraction of sp³-hybridized carbons (Fsp3) is 0.231. The molecule has 1 aromatic carbocycles. The number of benzene rings is 1. The Labute approximate surface area is 111 Å². The minimum Gasteiger partial charge on any atom is -0.495 e. The number of aromatic nitrogens is 2. The second-order valence-electron chi connectivity index (χ2n) is 3.89. The highest BCUT2D eigenvalue weighted by Gasteiger charge is 2.12. The minimum atomic E-state index is -0.328. The van der Waals surface area contributed by atoms with Gasteiger partial charge in [-0.15, -0.1) is 0 Å². The molecule has 0 fully saturated rings. The number of halogens is 1. The third kappa shape index (κ3) is 2.73. The number of nitrogens with one attached hydrogen (secondary N) is 1. The Kier molecular flexibility index (Phi) is 3.79. The first kappa shape index (κ1) is 13.1. The van der Waals surface area contributed by atoms with Crippen molar-refractivity contribution < 1.29 is 9.13 Å². The lowest BCUT2D eigenvalue weighted by molar-refractivity contribution is 0.414. The van der Waals surface area contributed by atoms with Crippen LogP contribution in [-0.2, 0) is 0 Å². The molecule has 100 valence electrons. The Bertz CT molecular complexity index is 576. The molecule has 19 heavy (non-hydrogen) atoms. The molecule has 0 bridgehead atoms. The van der Waals surface area contributed by atoms with Gasteiger partial charge in [0, 0.05) is 26.2 Å². The van der Waals surface area contributed by atoms with E-state index in [2.05, 4.69) is 15.3 Å². The van der Waals surface area contributed by atoms with Crippen molar-refractivity contribution in [3.63, 3.8) is 0 Å². The van der Waals surface area contributed by atoms with Gasteiger partial charge in [0.05, 0.1) is 12.8 Å². The highest BCUT2D eigenvalue weighted by molar-refractivity contribution is 5.67. The Balaban J connectivity index is 2.42. The molecule has 1 aromatic heterocycles. The number of rotatable bonds is 4. The summed E-state index contributed by atoms with van der Waals surface area (Å²) in [5, 5.41) is 2.93. The van der Waals surface area contributed by atoms with E-state index in [1.807, 2.05) is 0 Å². The van der Waals surface area contributed by atoms with Gasteiger partial charge in [0.25, 0.3) is 0 Å². The fourth-order valence-corrected chi connectivity index (χ4v) is 1.72. The fourth-order valence-electron chi connectivity index (χ4n) is 1.72. The lowest BCUT2D eigenvalue weighted by Gasteiger charge is -2.21. The van der Waals surface area contributed by atoms with Crippen LogP contribution in [0.3, 0.4) is 0 Å². The molecule has 0 saturated carbocycles. The standard InChI is InChI=1S/C13H15FN4O/c1-15-12-7-13(17-8-16-12)18(2)10-6-9(14)4-5-11(10)19-3/h4-8H,1-3H3,(H,15,16,17). The third-order valence-corrected chi connectivity index (χ3v) is 2.75. The smallest absolute Gasteiger partial charge is 0.142 e. The Morgan fingerprint density at radius 3 is 2.74 bits per heavy atom. The molecular weight excluding hydrogens is 247 g/mol. The van der Waals surface area contributed by atoms with Gasteiger partial charge in [-0.3, -0.25) is 0 Å². The molecule has 6 heteroatoms. The number of anilines is 3. The predicted octanol–water partition coefficient (Wildman–Crippen LogP) is 2.43. The molecular formula is C13H15FN4O. The maximum atomic E-state index is 13.4. The van der Waals surface area contributed by atoms with Crippen molar-refractivity contribution in [3.05, 3.63) is 36.4 Å². The van der Waals surface area contributed by atoms with Crippen molar-refractivity contribution in [2.45, 2.75) is 0 Å². The topological polar surface area (TPSA) is 50.3 Å². The van der Waals surface area contributed by atoms with Crippen molar-refractivity contribution >= 4 is 17.3 Å². The number of methoxy groups -OCH3 is 1. The number of hydrogen-bond donors (Lipinski definition) is 1. The zero-order valence-electron chi connectivity index (χ0n) is 11.0. The van der Waals surface area contributed by atoms with Crippen molar-refractivity contribution in [1.29, 1.82) is 0 Å². The van der Waals surface area contributed by atoms with Crippen molar-refractivity contribution in [3.8, 4) is 5.75 Å². The van der Waals surface area contributed by atoms with Gasteiger partial charge in [0.1, 0.15) is 29.5 Å². The monoisotopic (exact) mass is 262 g/mol. The summed E-state index contributed by atoms with van der Waals surface area (Å²) in [6.07, 6.45) is 1.45. The minimum absolute atomic E-state index is 0.328. The van der Waals surface area contributed by atoms with Gasteiger partial charge >= 0.3 is 0 Å². The lowest BCUT2D eigenvalue weighted by atomic mass is 10.2. The van der Waals surface area contributed by atoms with Crippen LogP contribution in [0.15, 0.2) is 30.6 Å². The molecule has 0 spiro atoms. The van der Waals surface area contributed by atoms with E-state index in [1.54, 1.807) is 38.2 Å². The van der Waals surface area contributed by atoms with Crippen LogP contribution in [0.5, 0.6) is 5.75 Å². The molecule has 5 nitrogen and oxygen atoms in total. The van der Waals surface area contributed by atoms with Crippen LogP contribution in [0.4, 0.5) is 21.7 Å². The summed E-state index contributed by atoms with van der Waals surface area (Å²) in [5.74, 6) is 1.58. The first-order valence-corrected chi connectivity index (χ1v) is 5.72. The quantitative estimate of drug-likeness (QED) is 0.917. The van der Waals surface area contributed by atoms with E-state index in [1.165, 1.54) is 18.5 Å². The third-order valence-electron chi connectivity index (χ3n) is 2.75. The zero-order valence-corrected chi connectivity index (χ0v) is 11.0. The summed E-state index contributed by atoms with van der Waals surface area (Å²) in [6.45, 7) is 0. The van der Waals surface area contributed by atoms with Crippen LogP contribution in [0.2, 0.25) is 0 Å².